The van der Waals surface area contributed by atoms with E-state index in [-0.39, 0.29) is 10.2 Å². The van der Waals surface area contributed by atoms with Crippen LogP contribution in [0.4, 0.5) is 14.5 Å². The monoisotopic (exact) mass is 249 g/mol. The molecule has 0 saturated carbocycles. The molecule has 1 aromatic carbocycles. The van der Waals surface area contributed by atoms with Gasteiger partial charge in [-0.3, -0.25) is 0 Å². The molecule has 0 bridgehead atoms. The van der Waals surface area contributed by atoms with E-state index < -0.39 is 11.6 Å². The van der Waals surface area contributed by atoms with Crippen LogP contribution < -0.4 is 0 Å². The van der Waals surface area contributed by atoms with Crippen LogP contribution in [0.15, 0.2) is 21.6 Å². The predicted molar refractivity (Wildman–Crippen MR) is 48.7 cm³/mol. The van der Waals surface area contributed by atoms with Crippen molar-refractivity contribution in [3.8, 4) is 0 Å². The molecule has 0 radical (unpaired) electrons. The van der Waals surface area contributed by atoms with Crippen LogP contribution >= 0.6 is 28.1 Å². The van der Waals surface area contributed by atoms with Gasteiger partial charge in [0.1, 0.15) is 11.6 Å². The summed E-state index contributed by atoms with van der Waals surface area (Å²) >= 11 is 7.01. The first-order valence-electron chi connectivity index (χ1n) is 2.87. The third-order valence-corrected chi connectivity index (χ3v) is 1.99. The molecule has 0 amide bonds. The molecule has 0 heterocycles. The molecule has 0 aromatic heterocycles. The summed E-state index contributed by atoms with van der Waals surface area (Å²) in [4.78, 5) is 3.43. The van der Waals surface area contributed by atoms with E-state index in [4.69, 9.17) is 0 Å². The first-order valence-corrected chi connectivity index (χ1v) is 4.07. The van der Waals surface area contributed by atoms with Crippen molar-refractivity contribution in [2.24, 2.45) is 4.99 Å². The number of hydrogen-bond donors (Lipinski definition) is 0. The summed E-state index contributed by atoms with van der Waals surface area (Å²) in [6.07, 6.45) is 0. The van der Waals surface area contributed by atoms with E-state index in [2.05, 4.69) is 33.1 Å². The van der Waals surface area contributed by atoms with E-state index in [9.17, 15) is 8.78 Å². The zero-order valence-corrected chi connectivity index (χ0v) is 8.05. The maximum absolute atomic E-state index is 12.8. The Kier molecular flexibility index (Phi) is 3.03. The minimum atomic E-state index is -0.709. The summed E-state index contributed by atoms with van der Waals surface area (Å²) in [7, 11) is 0. The minimum absolute atomic E-state index is 0.114. The van der Waals surface area contributed by atoms with Crippen molar-refractivity contribution in [2.45, 2.75) is 0 Å². The highest BCUT2D eigenvalue weighted by Crippen LogP contribution is 2.24. The molecule has 0 aliphatic heterocycles. The molecule has 0 aliphatic rings. The highest BCUT2D eigenvalue weighted by atomic mass is 79.9. The summed E-state index contributed by atoms with van der Waals surface area (Å²) in [5.41, 5.74) is 0.114. The molecule has 62 valence electrons. The van der Waals surface area contributed by atoms with Crippen LogP contribution in [0.2, 0.25) is 0 Å². The fraction of sp³-hybridized carbons (Fsp3) is 0. The summed E-state index contributed by atoms with van der Waals surface area (Å²) < 4.78 is 25.3. The van der Waals surface area contributed by atoms with Crippen LogP contribution in [0.25, 0.3) is 0 Å². The zero-order chi connectivity index (χ0) is 9.14. The number of benzene rings is 1. The Labute approximate surface area is 81.2 Å². The summed E-state index contributed by atoms with van der Waals surface area (Å²) in [6, 6.07) is 2.12. The molecule has 0 N–H and O–H groups in total. The van der Waals surface area contributed by atoms with Crippen LogP contribution in [0.1, 0.15) is 0 Å². The van der Waals surface area contributed by atoms with Crippen molar-refractivity contribution in [3.63, 3.8) is 0 Å². The van der Waals surface area contributed by atoms with Crippen LogP contribution in [-0.2, 0) is 0 Å². The molecule has 0 atom stereocenters. The second-order valence-electron chi connectivity index (χ2n) is 1.93. The molecule has 0 saturated heterocycles. The first-order chi connectivity index (χ1) is 5.65. The number of rotatable bonds is 1. The maximum atomic E-state index is 12.8. The average molecular weight is 250 g/mol. The fourth-order valence-corrected chi connectivity index (χ4v) is 0.994. The lowest BCUT2D eigenvalue weighted by molar-refractivity contribution is 0.572. The van der Waals surface area contributed by atoms with Gasteiger partial charge in [-0.2, -0.15) is 4.99 Å². The van der Waals surface area contributed by atoms with Gasteiger partial charge in [0.15, 0.2) is 0 Å². The van der Waals surface area contributed by atoms with Crippen LogP contribution in [0, 0.1) is 11.6 Å². The first kappa shape index (κ1) is 9.45. The van der Waals surface area contributed by atoms with Crippen molar-refractivity contribution >= 4 is 39.0 Å². The second-order valence-corrected chi connectivity index (χ2v) is 2.90. The SMILES string of the molecule is Fc1cc(N=C=S)cc(F)c1Br. The lowest BCUT2D eigenvalue weighted by Gasteiger charge is -1.96. The van der Waals surface area contributed by atoms with Gasteiger partial charge in [-0.05, 0) is 28.1 Å². The minimum Gasteiger partial charge on any atom is -0.206 e. The molecule has 0 aliphatic carbocycles. The Bertz CT molecular complexity index is 337. The Hall–Kier alpha value is -0.640. The van der Waals surface area contributed by atoms with E-state index in [0.717, 1.165) is 12.1 Å². The number of aliphatic imine (C=N–C) groups is 1. The van der Waals surface area contributed by atoms with E-state index >= 15 is 0 Å². The number of thiocarbonyl (C=S) groups is 1. The molecule has 1 rings (SSSR count). The van der Waals surface area contributed by atoms with Gasteiger partial charge in [-0.25, -0.2) is 8.78 Å². The molecule has 0 fully saturated rings. The van der Waals surface area contributed by atoms with Gasteiger partial charge >= 0.3 is 0 Å². The van der Waals surface area contributed by atoms with Crippen molar-refractivity contribution in [1.29, 1.82) is 0 Å². The number of halogens is 3. The molecular formula is C7H2BrF2NS. The summed E-state index contributed by atoms with van der Waals surface area (Å²) in [5, 5.41) is 2.02. The third kappa shape index (κ3) is 1.94. The molecule has 0 spiro atoms. The van der Waals surface area contributed by atoms with Crippen LogP contribution in [0.5, 0.6) is 0 Å². The smallest absolute Gasteiger partial charge is 0.142 e. The molecule has 0 unspecified atom stereocenters. The van der Waals surface area contributed by atoms with Gasteiger partial charge in [0, 0.05) is 12.1 Å². The van der Waals surface area contributed by atoms with Crippen molar-refractivity contribution in [1.82, 2.24) is 0 Å². The van der Waals surface area contributed by atoms with Gasteiger partial charge in [-0.15, -0.1) is 0 Å². The number of isothiocyanates is 1. The van der Waals surface area contributed by atoms with Gasteiger partial charge in [0.25, 0.3) is 0 Å². The van der Waals surface area contributed by atoms with E-state index in [1.54, 1.807) is 0 Å². The van der Waals surface area contributed by atoms with Crippen molar-refractivity contribution in [3.05, 3.63) is 28.2 Å². The van der Waals surface area contributed by atoms with Gasteiger partial charge < -0.3 is 0 Å². The molecular weight excluding hydrogens is 248 g/mol. The molecule has 12 heavy (non-hydrogen) atoms. The largest absolute Gasteiger partial charge is 0.206 e. The van der Waals surface area contributed by atoms with E-state index in [1.807, 2.05) is 5.16 Å². The molecule has 1 aromatic rings. The highest BCUT2D eigenvalue weighted by molar-refractivity contribution is 9.10. The number of hydrogen-bond acceptors (Lipinski definition) is 2. The average Bonchev–Trinajstić information content (AvgIpc) is 2.01. The highest BCUT2D eigenvalue weighted by Gasteiger charge is 2.06. The topological polar surface area (TPSA) is 12.4 Å². The zero-order valence-electron chi connectivity index (χ0n) is 5.64. The van der Waals surface area contributed by atoms with Gasteiger partial charge in [0.2, 0.25) is 0 Å². The third-order valence-electron chi connectivity index (χ3n) is 1.14. The standard InChI is InChI=1S/C7H2BrF2NS/c8-7-5(9)1-4(11-3-12)2-6(7)10/h1-2H. The van der Waals surface area contributed by atoms with Gasteiger partial charge in [0.05, 0.1) is 15.3 Å². The second kappa shape index (κ2) is 3.85. The van der Waals surface area contributed by atoms with Crippen molar-refractivity contribution in [2.75, 3.05) is 0 Å². The predicted octanol–water partition coefficient (Wildman–Crippen LogP) is 3.46. The Morgan fingerprint density at radius 2 is 1.83 bits per heavy atom. The normalized spacial score (nSPS) is 9.25. The fourth-order valence-electron chi connectivity index (χ4n) is 0.659. The van der Waals surface area contributed by atoms with E-state index in [1.165, 1.54) is 0 Å². The maximum Gasteiger partial charge on any atom is 0.142 e. The lowest BCUT2D eigenvalue weighted by Crippen LogP contribution is -1.82. The van der Waals surface area contributed by atoms with Crippen LogP contribution in [-0.4, -0.2) is 5.16 Å². The van der Waals surface area contributed by atoms with Crippen LogP contribution in [0.3, 0.4) is 0 Å². The number of nitrogens with zero attached hydrogens (tertiary/aromatic N) is 1. The molecule has 1 nitrogen and oxygen atoms in total. The summed E-state index contributed by atoms with van der Waals surface area (Å²) in [6.45, 7) is 0. The Morgan fingerprint density at radius 3 is 2.25 bits per heavy atom. The molecule has 5 heteroatoms. The van der Waals surface area contributed by atoms with Gasteiger partial charge in [-0.1, -0.05) is 0 Å². The summed E-state index contributed by atoms with van der Waals surface area (Å²) in [5.74, 6) is -1.42. The van der Waals surface area contributed by atoms with E-state index in [0.29, 0.717) is 0 Å². The quantitative estimate of drug-likeness (QED) is 0.422. The Balaban J connectivity index is 3.30. The lowest BCUT2D eigenvalue weighted by atomic mass is 10.3. The van der Waals surface area contributed by atoms with Crippen molar-refractivity contribution < 1.29 is 8.78 Å². The Morgan fingerprint density at radius 1 is 1.33 bits per heavy atom.